The number of fused-ring (bicyclic) bond motifs is 7. The highest BCUT2D eigenvalue weighted by atomic mass is 15.1. The summed E-state index contributed by atoms with van der Waals surface area (Å²) in [7, 11) is 0. The Balaban J connectivity index is 1.29. The van der Waals surface area contributed by atoms with E-state index >= 15 is 0 Å². The van der Waals surface area contributed by atoms with Crippen LogP contribution in [0.25, 0.3) is 83.3 Å². The lowest BCUT2D eigenvalue weighted by Gasteiger charge is -2.38. The quantitative estimate of drug-likeness (QED) is 0.185. The van der Waals surface area contributed by atoms with E-state index in [2.05, 4.69) is 187 Å². The molecule has 0 saturated carbocycles. The van der Waals surface area contributed by atoms with E-state index in [1.807, 2.05) is 6.07 Å². The molecule has 0 fully saturated rings. The smallest absolute Gasteiger partial charge is 0.162 e. The fraction of sp³-hybridized carbons (Fsp3) is 0.0196. The average Bonchev–Trinajstić information content (AvgIpc) is 3.74. The molecule has 250 valence electrons. The fourth-order valence-electron chi connectivity index (χ4n) is 9.72. The van der Waals surface area contributed by atoms with Gasteiger partial charge in [-0.3, -0.25) is 4.57 Å². The van der Waals surface area contributed by atoms with Crippen molar-refractivity contribution in [2.75, 3.05) is 0 Å². The van der Waals surface area contributed by atoms with Crippen LogP contribution in [0.2, 0.25) is 0 Å². The lowest BCUT2D eigenvalue weighted by atomic mass is 9.63. The van der Waals surface area contributed by atoms with Crippen LogP contribution in [0, 0.1) is 0 Å². The van der Waals surface area contributed by atoms with Crippen LogP contribution in [-0.2, 0) is 5.41 Å². The predicted molar refractivity (Wildman–Crippen MR) is 221 cm³/mol. The molecule has 0 aliphatic heterocycles. The van der Waals surface area contributed by atoms with Crippen molar-refractivity contribution < 1.29 is 0 Å². The SMILES string of the molecule is c1ccc(-c2cc(-n3c4cccc5c4c4c6c(cccc6c(-c6ccccc6)cc43)C53c4ccccc4-c4ccccc43)nc(-c3ccccc3)n2)cc1. The van der Waals surface area contributed by atoms with Gasteiger partial charge in [0, 0.05) is 28.0 Å². The molecular weight excluding hydrogens is 655 g/mol. The minimum Gasteiger partial charge on any atom is -0.294 e. The maximum absolute atomic E-state index is 5.41. The first-order chi connectivity index (χ1) is 26.8. The zero-order valence-corrected chi connectivity index (χ0v) is 29.2. The Bertz CT molecular complexity index is 3040. The van der Waals surface area contributed by atoms with Crippen molar-refractivity contribution in [1.29, 1.82) is 0 Å². The van der Waals surface area contributed by atoms with Crippen LogP contribution in [-0.4, -0.2) is 14.5 Å². The second-order valence-electron chi connectivity index (χ2n) is 14.5. The Labute approximate surface area is 312 Å². The Morgan fingerprint density at radius 2 is 0.926 bits per heavy atom. The van der Waals surface area contributed by atoms with Crippen molar-refractivity contribution in [3.63, 3.8) is 0 Å². The molecule has 1 spiro atoms. The molecule has 0 saturated heterocycles. The van der Waals surface area contributed by atoms with Gasteiger partial charge in [-0.2, -0.15) is 0 Å². The molecule has 0 atom stereocenters. The van der Waals surface area contributed by atoms with E-state index in [-0.39, 0.29) is 0 Å². The van der Waals surface area contributed by atoms with E-state index < -0.39 is 5.41 Å². The molecule has 0 bridgehead atoms. The van der Waals surface area contributed by atoms with E-state index in [0.29, 0.717) is 5.82 Å². The molecule has 2 heterocycles. The molecule has 10 aromatic rings. The summed E-state index contributed by atoms with van der Waals surface area (Å²) in [5.41, 5.74) is 15.0. The minimum atomic E-state index is -0.496. The van der Waals surface area contributed by atoms with Gasteiger partial charge in [0.05, 0.1) is 22.1 Å². The molecule has 54 heavy (non-hydrogen) atoms. The molecule has 0 amide bonds. The van der Waals surface area contributed by atoms with Gasteiger partial charge in [0.1, 0.15) is 5.82 Å². The van der Waals surface area contributed by atoms with Crippen molar-refractivity contribution in [2.45, 2.75) is 5.41 Å². The summed E-state index contributed by atoms with van der Waals surface area (Å²) in [6.07, 6.45) is 0. The Morgan fingerprint density at radius 1 is 0.370 bits per heavy atom. The molecule has 2 aliphatic rings. The number of rotatable bonds is 4. The predicted octanol–water partition coefficient (Wildman–Crippen LogP) is 12.4. The van der Waals surface area contributed by atoms with Gasteiger partial charge >= 0.3 is 0 Å². The number of hydrogen-bond acceptors (Lipinski definition) is 2. The summed E-state index contributed by atoms with van der Waals surface area (Å²) in [6.45, 7) is 0. The van der Waals surface area contributed by atoms with Crippen molar-refractivity contribution in [3.05, 3.63) is 210 Å². The maximum atomic E-state index is 5.41. The van der Waals surface area contributed by atoms with Gasteiger partial charge in [-0.05, 0) is 67.4 Å². The highest BCUT2D eigenvalue weighted by Crippen LogP contribution is 2.62. The van der Waals surface area contributed by atoms with Crippen LogP contribution in [0.5, 0.6) is 0 Å². The first-order valence-corrected chi connectivity index (χ1v) is 18.6. The monoisotopic (exact) mass is 685 g/mol. The van der Waals surface area contributed by atoms with Gasteiger partial charge in [-0.1, -0.05) is 170 Å². The maximum Gasteiger partial charge on any atom is 0.162 e. The molecule has 0 unspecified atom stereocenters. The van der Waals surface area contributed by atoms with E-state index in [9.17, 15) is 0 Å². The lowest BCUT2D eigenvalue weighted by molar-refractivity contribution is 0.783. The summed E-state index contributed by atoms with van der Waals surface area (Å²) < 4.78 is 2.41. The lowest BCUT2D eigenvalue weighted by Crippen LogP contribution is -2.30. The van der Waals surface area contributed by atoms with Crippen molar-refractivity contribution in [2.24, 2.45) is 0 Å². The van der Waals surface area contributed by atoms with Crippen molar-refractivity contribution in [3.8, 4) is 50.7 Å². The van der Waals surface area contributed by atoms with Gasteiger partial charge in [0.2, 0.25) is 0 Å². The Hall–Kier alpha value is -7.10. The molecule has 12 rings (SSSR count). The summed E-state index contributed by atoms with van der Waals surface area (Å²) in [6, 6.07) is 68.2. The van der Waals surface area contributed by atoms with Crippen LogP contribution in [0.15, 0.2) is 188 Å². The van der Waals surface area contributed by atoms with E-state index in [1.54, 1.807) is 0 Å². The van der Waals surface area contributed by atoms with Crippen LogP contribution in [0.1, 0.15) is 22.3 Å². The van der Waals surface area contributed by atoms with Crippen molar-refractivity contribution >= 4 is 32.6 Å². The molecule has 2 aliphatic carbocycles. The van der Waals surface area contributed by atoms with Gasteiger partial charge in [-0.25, -0.2) is 9.97 Å². The molecule has 2 aromatic heterocycles. The van der Waals surface area contributed by atoms with Gasteiger partial charge in [0.25, 0.3) is 0 Å². The molecule has 0 N–H and O–H groups in total. The zero-order chi connectivity index (χ0) is 35.4. The molecule has 0 radical (unpaired) electrons. The highest BCUT2D eigenvalue weighted by Gasteiger charge is 2.50. The highest BCUT2D eigenvalue weighted by molar-refractivity contribution is 6.28. The molecule has 3 heteroatoms. The summed E-state index contributed by atoms with van der Waals surface area (Å²) in [5, 5.41) is 5.13. The number of aromatic nitrogens is 3. The Morgan fingerprint density at radius 3 is 1.61 bits per heavy atom. The summed E-state index contributed by atoms with van der Waals surface area (Å²) in [4.78, 5) is 10.6. The van der Waals surface area contributed by atoms with Crippen LogP contribution >= 0.6 is 0 Å². The second kappa shape index (κ2) is 11.0. The first kappa shape index (κ1) is 29.5. The minimum absolute atomic E-state index is 0.496. The number of hydrogen-bond donors (Lipinski definition) is 0. The topological polar surface area (TPSA) is 30.7 Å². The molecular formula is C51H31N3. The summed E-state index contributed by atoms with van der Waals surface area (Å²) in [5.74, 6) is 1.55. The first-order valence-electron chi connectivity index (χ1n) is 18.6. The third-order valence-electron chi connectivity index (χ3n) is 11.8. The third kappa shape index (κ3) is 3.80. The van der Waals surface area contributed by atoms with Gasteiger partial charge < -0.3 is 0 Å². The Kier molecular flexibility index (Phi) is 5.98. The standard InChI is InChI=1S/C51H31N3/c1-4-16-32(17-5-1)38-30-45-49-47-37(38)24-14-27-41(47)51(39-25-12-10-22-35(39)36-23-11-13-26-40(36)51)42-28-15-29-44(48(42)49)54(45)46-31-43(33-18-6-2-7-19-33)52-50(53-46)34-20-8-3-9-21-34/h1-31H. The average molecular weight is 686 g/mol. The summed E-state index contributed by atoms with van der Waals surface area (Å²) >= 11 is 0. The van der Waals surface area contributed by atoms with Gasteiger partial charge in [0.15, 0.2) is 5.82 Å². The third-order valence-corrected chi connectivity index (χ3v) is 11.8. The van der Waals surface area contributed by atoms with Gasteiger partial charge in [-0.15, -0.1) is 0 Å². The fourth-order valence-corrected chi connectivity index (χ4v) is 9.72. The second-order valence-corrected chi connectivity index (χ2v) is 14.5. The number of nitrogens with zero attached hydrogens (tertiary/aromatic N) is 3. The van der Waals surface area contributed by atoms with Crippen molar-refractivity contribution in [1.82, 2.24) is 14.5 Å². The normalized spacial score (nSPS) is 13.3. The molecule has 3 nitrogen and oxygen atoms in total. The van der Waals surface area contributed by atoms with Crippen LogP contribution in [0.4, 0.5) is 0 Å². The van der Waals surface area contributed by atoms with E-state index in [0.717, 1.165) is 33.7 Å². The van der Waals surface area contributed by atoms with E-state index in [1.165, 1.54) is 66.1 Å². The number of benzene rings is 8. The van der Waals surface area contributed by atoms with Crippen LogP contribution in [0.3, 0.4) is 0 Å². The largest absolute Gasteiger partial charge is 0.294 e. The molecule has 8 aromatic carbocycles. The zero-order valence-electron chi connectivity index (χ0n) is 29.2. The van der Waals surface area contributed by atoms with E-state index in [4.69, 9.17) is 9.97 Å². The van der Waals surface area contributed by atoms with Crippen LogP contribution < -0.4 is 0 Å².